The van der Waals surface area contributed by atoms with Crippen LogP contribution in [-0.4, -0.2) is 24.1 Å². The summed E-state index contributed by atoms with van der Waals surface area (Å²) in [6, 6.07) is 79.3. The third kappa shape index (κ3) is 6.06. The van der Waals surface area contributed by atoms with Crippen molar-refractivity contribution in [3.8, 4) is 67.8 Å². The van der Waals surface area contributed by atoms with Gasteiger partial charge in [-0.25, -0.2) is 15.0 Å². The fraction of sp³-hybridized carbons (Fsp3) is 0. The smallest absolute Gasteiger partial charge is 0.164 e. The van der Waals surface area contributed by atoms with Crippen LogP contribution in [0.4, 0.5) is 0 Å². The maximum Gasteiger partial charge on any atom is 0.164 e. The molecule has 0 amide bonds. The van der Waals surface area contributed by atoms with Gasteiger partial charge in [-0.15, -0.1) is 0 Å². The fourth-order valence-electron chi connectivity index (χ4n) is 9.02. The molecule has 0 aliphatic rings. The van der Waals surface area contributed by atoms with Crippen molar-refractivity contribution >= 4 is 43.6 Å². The monoisotopic (exact) mass is 791 g/mol. The van der Waals surface area contributed by atoms with Crippen molar-refractivity contribution in [2.45, 2.75) is 0 Å². The molecular weight excluding hydrogens is 755 g/mol. The second-order valence-electron chi connectivity index (χ2n) is 15.7. The minimum absolute atomic E-state index is 0.626. The highest BCUT2D eigenvalue weighted by molar-refractivity contribution is 6.12. The molecule has 0 N–H and O–H groups in total. The molecule has 12 aromatic rings. The molecule has 290 valence electrons. The molecule has 5 nitrogen and oxygen atoms in total. The normalized spacial score (nSPS) is 11.5. The number of benzene rings is 9. The number of hydrogen-bond acceptors (Lipinski definition) is 3. The third-order valence-corrected chi connectivity index (χ3v) is 12.0. The summed E-state index contributed by atoms with van der Waals surface area (Å²) in [6.45, 7) is 0. The molecule has 0 spiro atoms. The standard InChI is InChI=1S/C57H37N5/c1-4-15-38(16-5-1)41-19-14-20-44(35-41)57-59-55(39-17-6-2-7-18-39)58-56(60-57)40-27-31-46(32-28-40)62-52-26-13-11-24-48(52)50-37-43(30-34-54(50)62)42-29-33-53-49(36-42)47-23-10-12-25-51(47)61(53)45-21-8-3-9-22-45/h1-37H. The lowest BCUT2D eigenvalue weighted by molar-refractivity contribution is 1.07. The molecule has 0 unspecified atom stereocenters. The molecule has 12 rings (SSSR count). The summed E-state index contributed by atoms with van der Waals surface area (Å²) < 4.78 is 4.72. The van der Waals surface area contributed by atoms with E-state index in [0.717, 1.165) is 50.2 Å². The van der Waals surface area contributed by atoms with Gasteiger partial charge < -0.3 is 9.13 Å². The number of para-hydroxylation sites is 3. The highest BCUT2D eigenvalue weighted by Crippen LogP contribution is 2.39. The van der Waals surface area contributed by atoms with E-state index >= 15 is 0 Å². The largest absolute Gasteiger partial charge is 0.309 e. The van der Waals surface area contributed by atoms with Crippen LogP contribution in [0.25, 0.3) is 111 Å². The van der Waals surface area contributed by atoms with Gasteiger partial charge in [-0.1, -0.05) is 146 Å². The second kappa shape index (κ2) is 14.7. The highest BCUT2D eigenvalue weighted by atomic mass is 15.0. The first-order valence-corrected chi connectivity index (χ1v) is 20.9. The Kier molecular flexibility index (Phi) is 8.42. The van der Waals surface area contributed by atoms with Crippen molar-refractivity contribution in [1.29, 1.82) is 0 Å². The summed E-state index contributed by atoms with van der Waals surface area (Å²) in [5, 5.41) is 4.91. The van der Waals surface area contributed by atoms with E-state index in [0.29, 0.717) is 17.5 Å². The van der Waals surface area contributed by atoms with E-state index < -0.39 is 0 Å². The van der Waals surface area contributed by atoms with E-state index in [2.05, 4.69) is 197 Å². The van der Waals surface area contributed by atoms with Crippen molar-refractivity contribution < 1.29 is 0 Å². The number of hydrogen-bond donors (Lipinski definition) is 0. The lowest BCUT2D eigenvalue weighted by Gasteiger charge is -2.11. The van der Waals surface area contributed by atoms with Gasteiger partial charge in [-0.3, -0.25) is 0 Å². The van der Waals surface area contributed by atoms with Crippen LogP contribution in [0.5, 0.6) is 0 Å². The lowest BCUT2D eigenvalue weighted by atomic mass is 10.0. The van der Waals surface area contributed by atoms with Gasteiger partial charge in [-0.2, -0.15) is 0 Å². The van der Waals surface area contributed by atoms with Gasteiger partial charge >= 0.3 is 0 Å². The van der Waals surface area contributed by atoms with E-state index in [-0.39, 0.29) is 0 Å². The van der Waals surface area contributed by atoms with Gasteiger partial charge in [0, 0.05) is 49.6 Å². The van der Waals surface area contributed by atoms with Gasteiger partial charge in [0.15, 0.2) is 17.5 Å². The third-order valence-electron chi connectivity index (χ3n) is 12.0. The molecule has 3 heterocycles. The van der Waals surface area contributed by atoms with Gasteiger partial charge in [0.1, 0.15) is 0 Å². The predicted molar refractivity (Wildman–Crippen MR) is 256 cm³/mol. The molecule has 0 fully saturated rings. The lowest BCUT2D eigenvalue weighted by Crippen LogP contribution is -2.00. The molecule has 5 heteroatoms. The Morgan fingerprint density at radius 3 is 1.16 bits per heavy atom. The van der Waals surface area contributed by atoms with Gasteiger partial charge in [-0.05, 0) is 101 Å². The van der Waals surface area contributed by atoms with Crippen molar-refractivity contribution in [3.05, 3.63) is 224 Å². The summed E-state index contributed by atoms with van der Waals surface area (Å²) in [5.41, 5.74) is 14.4. The predicted octanol–water partition coefficient (Wildman–Crippen LogP) is 14.4. The quantitative estimate of drug-likeness (QED) is 0.162. The zero-order valence-electron chi connectivity index (χ0n) is 33.6. The zero-order chi connectivity index (χ0) is 41.0. The summed E-state index contributed by atoms with van der Waals surface area (Å²) in [5.74, 6) is 1.90. The Labute approximate surface area is 358 Å². The molecule has 9 aromatic carbocycles. The van der Waals surface area contributed by atoms with E-state index in [4.69, 9.17) is 15.0 Å². The fourth-order valence-corrected chi connectivity index (χ4v) is 9.02. The number of nitrogens with zero attached hydrogens (tertiary/aromatic N) is 5. The summed E-state index contributed by atoms with van der Waals surface area (Å²) in [4.78, 5) is 15.1. The number of rotatable bonds is 7. The first-order chi connectivity index (χ1) is 30.7. The van der Waals surface area contributed by atoms with Crippen LogP contribution in [0.1, 0.15) is 0 Å². The molecular formula is C57H37N5. The summed E-state index contributed by atoms with van der Waals surface area (Å²) in [7, 11) is 0. The van der Waals surface area contributed by atoms with E-state index in [1.54, 1.807) is 0 Å². The topological polar surface area (TPSA) is 48.5 Å². The molecule has 0 saturated carbocycles. The van der Waals surface area contributed by atoms with Crippen molar-refractivity contribution in [1.82, 2.24) is 24.1 Å². The van der Waals surface area contributed by atoms with Crippen molar-refractivity contribution in [2.24, 2.45) is 0 Å². The Morgan fingerprint density at radius 1 is 0.226 bits per heavy atom. The Hall–Kier alpha value is -8.41. The van der Waals surface area contributed by atoms with Gasteiger partial charge in [0.05, 0.1) is 22.1 Å². The summed E-state index contributed by atoms with van der Waals surface area (Å²) >= 11 is 0. The molecule has 3 aromatic heterocycles. The minimum atomic E-state index is 0.626. The highest BCUT2D eigenvalue weighted by Gasteiger charge is 2.18. The minimum Gasteiger partial charge on any atom is -0.309 e. The maximum atomic E-state index is 5.09. The zero-order valence-corrected chi connectivity index (χ0v) is 33.6. The van der Waals surface area contributed by atoms with Crippen LogP contribution in [0.2, 0.25) is 0 Å². The van der Waals surface area contributed by atoms with E-state index in [1.807, 2.05) is 36.4 Å². The van der Waals surface area contributed by atoms with Crippen LogP contribution in [0, 0.1) is 0 Å². The molecule has 0 atom stereocenters. The van der Waals surface area contributed by atoms with Crippen LogP contribution >= 0.6 is 0 Å². The first kappa shape index (κ1) is 35.5. The van der Waals surface area contributed by atoms with E-state index in [1.165, 1.54) is 43.7 Å². The van der Waals surface area contributed by atoms with Crippen LogP contribution in [-0.2, 0) is 0 Å². The van der Waals surface area contributed by atoms with E-state index in [9.17, 15) is 0 Å². The molecule has 0 saturated heterocycles. The van der Waals surface area contributed by atoms with Crippen LogP contribution in [0.15, 0.2) is 224 Å². The Morgan fingerprint density at radius 2 is 0.597 bits per heavy atom. The van der Waals surface area contributed by atoms with Crippen molar-refractivity contribution in [2.75, 3.05) is 0 Å². The molecule has 0 aliphatic heterocycles. The molecule has 0 bridgehead atoms. The first-order valence-electron chi connectivity index (χ1n) is 20.9. The Bertz CT molecular complexity index is 3610. The molecule has 0 radical (unpaired) electrons. The van der Waals surface area contributed by atoms with Crippen LogP contribution < -0.4 is 0 Å². The van der Waals surface area contributed by atoms with Gasteiger partial charge in [0.25, 0.3) is 0 Å². The maximum absolute atomic E-state index is 5.09. The second-order valence-corrected chi connectivity index (χ2v) is 15.7. The van der Waals surface area contributed by atoms with Gasteiger partial charge in [0.2, 0.25) is 0 Å². The average Bonchev–Trinajstić information content (AvgIpc) is 3.87. The molecule has 62 heavy (non-hydrogen) atoms. The Balaban J connectivity index is 0.941. The number of fused-ring (bicyclic) bond motifs is 6. The average molecular weight is 792 g/mol. The molecule has 0 aliphatic carbocycles. The summed E-state index contributed by atoms with van der Waals surface area (Å²) in [6.07, 6.45) is 0. The van der Waals surface area contributed by atoms with Crippen LogP contribution in [0.3, 0.4) is 0 Å². The number of aromatic nitrogens is 5. The SMILES string of the molecule is c1ccc(-c2cccc(-c3nc(-c4ccccc4)nc(-c4ccc(-n5c6ccccc6c6cc(-c7ccc8c(c7)c7ccccc7n8-c7ccccc7)ccc65)cc4)n3)c2)cc1. The van der Waals surface area contributed by atoms with Crippen molar-refractivity contribution in [3.63, 3.8) is 0 Å².